The van der Waals surface area contributed by atoms with Crippen LogP contribution < -0.4 is 16.4 Å². The first-order valence-electron chi connectivity index (χ1n) is 5.09. The number of carbonyl (C=O) groups is 1. The van der Waals surface area contributed by atoms with Crippen LogP contribution in [0.2, 0.25) is 0 Å². The first-order valence-corrected chi connectivity index (χ1v) is 5.09. The number of carbonyl (C=O) groups excluding carboxylic acids is 1. The number of rotatable bonds is 2. The third-order valence-corrected chi connectivity index (χ3v) is 2.69. The van der Waals surface area contributed by atoms with E-state index in [-0.39, 0.29) is 12.5 Å². The number of benzene rings is 1. The highest BCUT2D eigenvalue weighted by Crippen LogP contribution is 2.32. The van der Waals surface area contributed by atoms with Gasteiger partial charge in [0.25, 0.3) is 0 Å². The van der Waals surface area contributed by atoms with Crippen LogP contribution >= 0.6 is 0 Å². The van der Waals surface area contributed by atoms with Gasteiger partial charge in [0.2, 0.25) is 5.91 Å². The van der Waals surface area contributed by atoms with E-state index in [1.54, 1.807) is 0 Å². The highest BCUT2D eigenvalue weighted by Gasteiger charge is 2.19. The number of nitrogens with zero attached hydrogens (tertiary/aromatic N) is 1. The minimum atomic E-state index is -0.314. The number of fused-ring (bicyclic) bond motifs is 1. The van der Waals surface area contributed by atoms with Gasteiger partial charge in [0.05, 0.1) is 17.9 Å². The lowest BCUT2D eigenvalue weighted by Gasteiger charge is -2.31. The van der Waals surface area contributed by atoms with Gasteiger partial charge in [0.15, 0.2) is 0 Å². The molecule has 0 fully saturated rings. The fourth-order valence-corrected chi connectivity index (χ4v) is 2.12. The molecule has 0 aromatic heterocycles. The molecule has 0 saturated heterocycles. The van der Waals surface area contributed by atoms with Crippen molar-refractivity contribution in [3.05, 3.63) is 23.8 Å². The Morgan fingerprint density at radius 3 is 3.00 bits per heavy atom. The number of amides is 1. The number of hydrogen-bond acceptors (Lipinski definition) is 3. The first kappa shape index (κ1) is 9.83. The minimum Gasteiger partial charge on any atom is -0.397 e. The molecule has 1 aliphatic heterocycles. The van der Waals surface area contributed by atoms with Crippen LogP contribution in [0.5, 0.6) is 0 Å². The van der Waals surface area contributed by atoms with Gasteiger partial charge in [0.1, 0.15) is 0 Å². The average Bonchev–Trinajstić information content (AvgIpc) is 2.17. The number of nitrogens with two attached hydrogens (primary N) is 2. The molecule has 0 spiro atoms. The molecule has 0 aliphatic carbocycles. The number of para-hydroxylation sites is 1. The summed E-state index contributed by atoms with van der Waals surface area (Å²) in [6.45, 7) is 1.10. The van der Waals surface area contributed by atoms with E-state index >= 15 is 0 Å². The van der Waals surface area contributed by atoms with Crippen molar-refractivity contribution < 1.29 is 4.79 Å². The molecule has 0 saturated carbocycles. The maximum atomic E-state index is 10.9. The molecule has 15 heavy (non-hydrogen) atoms. The van der Waals surface area contributed by atoms with Gasteiger partial charge in [-0.05, 0) is 24.5 Å². The summed E-state index contributed by atoms with van der Waals surface area (Å²) in [6, 6.07) is 5.86. The summed E-state index contributed by atoms with van der Waals surface area (Å²) >= 11 is 0. The third-order valence-electron chi connectivity index (χ3n) is 2.69. The number of anilines is 2. The molecule has 1 aliphatic rings. The van der Waals surface area contributed by atoms with Crippen LogP contribution in [0.15, 0.2) is 18.2 Å². The normalized spacial score (nSPS) is 14.8. The molecule has 0 radical (unpaired) electrons. The Kier molecular flexibility index (Phi) is 2.49. The van der Waals surface area contributed by atoms with E-state index in [0.29, 0.717) is 0 Å². The summed E-state index contributed by atoms with van der Waals surface area (Å²) in [7, 11) is 0. The van der Waals surface area contributed by atoms with Gasteiger partial charge in [-0.3, -0.25) is 4.79 Å². The Balaban J connectivity index is 2.36. The SMILES string of the molecule is NC(=O)CN1CCCc2cccc(N)c21. The molecule has 2 rings (SSSR count). The lowest BCUT2D eigenvalue weighted by atomic mass is 10.0. The second-order valence-corrected chi connectivity index (χ2v) is 3.85. The second kappa shape index (κ2) is 3.81. The molecular weight excluding hydrogens is 190 g/mol. The summed E-state index contributed by atoms with van der Waals surface area (Å²) in [6.07, 6.45) is 2.07. The van der Waals surface area contributed by atoms with E-state index in [1.165, 1.54) is 5.56 Å². The van der Waals surface area contributed by atoms with Crippen molar-refractivity contribution in [2.75, 3.05) is 23.7 Å². The molecule has 0 bridgehead atoms. The van der Waals surface area contributed by atoms with E-state index < -0.39 is 0 Å². The van der Waals surface area contributed by atoms with Crippen molar-refractivity contribution in [2.45, 2.75) is 12.8 Å². The molecule has 4 N–H and O–H groups in total. The van der Waals surface area contributed by atoms with Crippen molar-refractivity contribution in [3.8, 4) is 0 Å². The molecule has 1 aromatic rings. The minimum absolute atomic E-state index is 0.251. The number of primary amides is 1. The third kappa shape index (κ3) is 1.88. The van der Waals surface area contributed by atoms with E-state index in [1.807, 2.05) is 17.0 Å². The zero-order valence-electron chi connectivity index (χ0n) is 8.57. The Hall–Kier alpha value is -1.71. The summed E-state index contributed by atoms with van der Waals surface area (Å²) < 4.78 is 0. The summed E-state index contributed by atoms with van der Waals surface area (Å²) in [4.78, 5) is 12.9. The van der Waals surface area contributed by atoms with E-state index in [9.17, 15) is 4.79 Å². The molecule has 4 heteroatoms. The molecule has 0 atom stereocenters. The zero-order chi connectivity index (χ0) is 10.8. The van der Waals surface area contributed by atoms with Gasteiger partial charge >= 0.3 is 0 Å². The largest absolute Gasteiger partial charge is 0.397 e. The van der Waals surface area contributed by atoms with Crippen molar-refractivity contribution in [1.82, 2.24) is 0 Å². The average molecular weight is 205 g/mol. The van der Waals surface area contributed by atoms with E-state index in [4.69, 9.17) is 11.5 Å². The van der Waals surface area contributed by atoms with Crippen LogP contribution in [0.3, 0.4) is 0 Å². The summed E-state index contributed by atoms with van der Waals surface area (Å²) in [5.41, 5.74) is 14.1. The maximum Gasteiger partial charge on any atom is 0.236 e. The van der Waals surface area contributed by atoms with Crippen molar-refractivity contribution in [3.63, 3.8) is 0 Å². The Labute approximate surface area is 88.9 Å². The zero-order valence-corrected chi connectivity index (χ0v) is 8.57. The molecule has 80 valence electrons. The molecule has 0 unspecified atom stereocenters. The lowest BCUT2D eigenvalue weighted by molar-refractivity contribution is -0.116. The van der Waals surface area contributed by atoms with Crippen molar-refractivity contribution >= 4 is 17.3 Å². The fourth-order valence-electron chi connectivity index (χ4n) is 2.12. The lowest BCUT2D eigenvalue weighted by Crippen LogP contribution is -2.37. The monoisotopic (exact) mass is 205 g/mol. The van der Waals surface area contributed by atoms with Gasteiger partial charge in [-0.2, -0.15) is 0 Å². The Morgan fingerprint density at radius 2 is 2.27 bits per heavy atom. The van der Waals surface area contributed by atoms with Crippen LogP contribution in [0.4, 0.5) is 11.4 Å². The molecule has 1 amide bonds. The maximum absolute atomic E-state index is 10.9. The fraction of sp³-hybridized carbons (Fsp3) is 0.364. The topological polar surface area (TPSA) is 72.4 Å². The molecule has 1 aromatic carbocycles. The van der Waals surface area contributed by atoms with Gasteiger partial charge in [-0.15, -0.1) is 0 Å². The van der Waals surface area contributed by atoms with Crippen molar-refractivity contribution in [2.24, 2.45) is 5.73 Å². The Morgan fingerprint density at radius 1 is 1.47 bits per heavy atom. The summed E-state index contributed by atoms with van der Waals surface area (Å²) in [5, 5.41) is 0. The predicted molar refractivity (Wildman–Crippen MR) is 60.6 cm³/mol. The van der Waals surface area contributed by atoms with Crippen LogP contribution in [0, 0.1) is 0 Å². The molecule has 4 nitrogen and oxygen atoms in total. The van der Waals surface area contributed by atoms with Crippen LogP contribution in [0.1, 0.15) is 12.0 Å². The van der Waals surface area contributed by atoms with Gasteiger partial charge in [-0.1, -0.05) is 12.1 Å². The van der Waals surface area contributed by atoms with Crippen molar-refractivity contribution in [1.29, 1.82) is 0 Å². The highest BCUT2D eigenvalue weighted by molar-refractivity contribution is 5.83. The molecule has 1 heterocycles. The van der Waals surface area contributed by atoms with Crippen LogP contribution in [0.25, 0.3) is 0 Å². The standard InChI is InChI=1S/C11H15N3O/c12-9-5-1-3-8-4-2-6-14(11(8)9)7-10(13)15/h1,3,5H,2,4,6-7,12H2,(H2,13,15). The molecular formula is C11H15N3O. The number of nitrogen functional groups attached to an aromatic ring is 1. The van der Waals surface area contributed by atoms with Gasteiger partial charge < -0.3 is 16.4 Å². The van der Waals surface area contributed by atoms with Crippen LogP contribution in [-0.2, 0) is 11.2 Å². The predicted octanol–water partition coefficient (Wildman–Crippen LogP) is 0.507. The number of hydrogen-bond donors (Lipinski definition) is 2. The highest BCUT2D eigenvalue weighted by atomic mass is 16.1. The quantitative estimate of drug-likeness (QED) is 0.691. The van der Waals surface area contributed by atoms with Gasteiger partial charge in [-0.25, -0.2) is 0 Å². The van der Waals surface area contributed by atoms with Crippen LogP contribution in [-0.4, -0.2) is 19.0 Å². The summed E-state index contributed by atoms with van der Waals surface area (Å²) in [5.74, 6) is -0.314. The van der Waals surface area contributed by atoms with Gasteiger partial charge in [0, 0.05) is 6.54 Å². The first-order chi connectivity index (χ1) is 7.18. The van der Waals surface area contributed by atoms with E-state index in [0.717, 1.165) is 30.8 Å². The van der Waals surface area contributed by atoms with E-state index in [2.05, 4.69) is 6.07 Å². The number of aryl methyl sites for hydroxylation is 1. The Bertz CT molecular complexity index is 389. The second-order valence-electron chi connectivity index (χ2n) is 3.85. The smallest absolute Gasteiger partial charge is 0.236 e.